The number of rotatable bonds is 8. The van der Waals surface area contributed by atoms with Crippen LogP contribution in [0.25, 0.3) is 0 Å². The molecule has 0 spiro atoms. The van der Waals surface area contributed by atoms with E-state index in [4.69, 9.17) is 0 Å². The zero-order valence-electron chi connectivity index (χ0n) is 15.0. The van der Waals surface area contributed by atoms with Gasteiger partial charge in [0, 0.05) is 32.2 Å². The Morgan fingerprint density at radius 2 is 1.79 bits per heavy atom. The molecule has 2 rings (SSSR count). The minimum absolute atomic E-state index is 0.135. The van der Waals surface area contributed by atoms with Crippen LogP contribution in [0.3, 0.4) is 0 Å². The van der Waals surface area contributed by atoms with E-state index in [0.29, 0.717) is 6.42 Å². The lowest BCUT2D eigenvalue weighted by Gasteiger charge is -2.19. The monoisotopic (exact) mass is 324 g/mol. The number of anilines is 1. The van der Waals surface area contributed by atoms with Gasteiger partial charge in [0.2, 0.25) is 5.91 Å². The molecule has 128 valence electrons. The highest BCUT2D eigenvalue weighted by atomic mass is 16.1. The maximum atomic E-state index is 12.0. The van der Waals surface area contributed by atoms with Gasteiger partial charge in [-0.25, -0.2) is 0 Å². The van der Waals surface area contributed by atoms with E-state index in [1.807, 2.05) is 18.2 Å². The van der Waals surface area contributed by atoms with E-state index in [0.717, 1.165) is 25.9 Å². The van der Waals surface area contributed by atoms with Crippen LogP contribution < -0.4 is 10.2 Å². The minimum Gasteiger partial charge on any atom is -0.375 e. The Labute approximate surface area is 145 Å². The lowest BCUT2D eigenvalue weighted by molar-refractivity contribution is -0.121. The molecular formula is C21H28N2O. The first kappa shape index (κ1) is 18.1. The van der Waals surface area contributed by atoms with E-state index in [1.165, 1.54) is 22.4 Å². The lowest BCUT2D eigenvalue weighted by Crippen LogP contribution is -2.28. The predicted molar refractivity (Wildman–Crippen MR) is 102 cm³/mol. The number of aryl methyl sites for hydroxylation is 3. The van der Waals surface area contributed by atoms with Gasteiger partial charge in [-0.3, -0.25) is 4.79 Å². The summed E-state index contributed by atoms with van der Waals surface area (Å²) >= 11 is 0. The molecule has 0 fully saturated rings. The van der Waals surface area contributed by atoms with Gasteiger partial charge in [0.15, 0.2) is 0 Å². The Morgan fingerprint density at radius 1 is 1.04 bits per heavy atom. The molecule has 0 unspecified atom stereocenters. The van der Waals surface area contributed by atoms with Crippen molar-refractivity contribution in [1.82, 2.24) is 5.32 Å². The molecule has 1 N–H and O–H groups in total. The molecule has 3 nitrogen and oxygen atoms in total. The molecule has 0 aliphatic rings. The van der Waals surface area contributed by atoms with Gasteiger partial charge in [-0.05, 0) is 55.5 Å². The maximum absolute atomic E-state index is 12.0. The van der Waals surface area contributed by atoms with Crippen molar-refractivity contribution in [2.45, 2.75) is 33.1 Å². The van der Waals surface area contributed by atoms with Crippen LogP contribution in [0.2, 0.25) is 0 Å². The van der Waals surface area contributed by atoms with E-state index >= 15 is 0 Å². The largest absolute Gasteiger partial charge is 0.375 e. The Balaban J connectivity index is 1.63. The van der Waals surface area contributed by atoms with E-state index in [2.05, 4.69) is 61.4 Å². The first-order valence-electron chi connectivity index (χ1n) is 8.65. The second-order valence-electron chi connectivity index (χ2n) is 6.38. The summed E-state index contributed by atoms with van der Waals surface area (Å²) in [7, 11) is 2.08. The van der Waals surface area contributed by atoms with Crippen LogP contribution in [0.5, 0.6) is 0 Å². The number of hydrogen-bond acceptors (Lipinski definition) is 2. The molecule has 0 heterocycles. The molecule has 0 aliphatic heterocycles. The van der Waals surface area contributed by atoms with Crippen LogP contribution in [0, 0.1) is 13.8 Å². The second-order valence-corrected chi connectivity index (χ2v) is 6.38. The molecule has 3 heteroatoms. The fraction of sp³-hybridized carbons (Fsp3) is 0.381. The quantitative estimate of drug-likeness (QED) is 0.747. The number of hydrogen-bond donors (Lipinski definition) is 1. The zero-order chi connectivity index (χ0) is 17.4. The summed E-state index contributed by atoms with van der Waals surface area (Å²) in [4.78, 5) is 14.2. The highest BCUT2D eigenvalue weighted by molar-refractivity contribution is 5.76. The van der Waals surface area contributed by atoms with Crippen molar-refractivity contribution >= 4 is 11.6 Å². The van der Waals surface area contributed by atoms with Gasteiger partial charge in [0.25, 0.3) is 0 Å². The molecule has 0 aliphatic carbocycles. The van der Waals surface area contributed by atoms with Gasteiger partial charge in [-0.2, -0.15) is 0 Å². The Hall–Kier alpha value is -2.29. The Kier molecular flexibility index (Phi) is 6.86. The van der Waals surface area contributed by atoms with Gasteiger partial charge >= 0.3 is 0 Å². The molecule has 0 atom stereocenters. The average Bonchev–Trinajstić information content (AvgIpc) is 2.60. The molecule has 0 aromatic heterocycles. The zero-order valence-corrected chi connectivity index (χ0v) is 15.0. The van der Waals surface area contributed by atoms with E-state index in [1.54, 1.807) is 0 Å². The second kappa shape index (κ2) is 9.11. The van der Waals surface area contributed by atoms with Crippen LogP contribution in [0.1, 0.15) is 29.5 Å². The van der Waals surface area contributed by atoms with Crippen molar-refractivity contribution in [3.8, 4) is 0 Å². The summed E-state index contributed by atoms with van der Waals surface area (Å²) in [6.07, 6.45) is 2.30. The lowest BCUT2D eigenvalue weighted by atomic mass is 10.0. The highest BCUT2D eigenvalue weighted by Crippen LogP contribution is 2.12. The molecule has 0 saturated heterocycles. The molecule has 0 saturated carbocycles. The highest BCUT2D eigenvalue weighted by Gasteiger charge is 2.04. The third-order valence-corrected chi connectivity index (χ3v) is 4.40. The summed E-state index contributed by atoms with van der Waals surface area (Å²) in [5.41, 5.74) is 5.03. The fourth-order valence-electron chi connectivity index (χ4n) is 2.66. The summed E-state index contributed by atoms with van der Waals surface area (Å²) in [6, 6.07) is 16.7. The third kappa shape index (κ3) is 5.73. The van der Waals surface area contributed by atoms with E-state index < -0.39 is 0 Å². The number of para-hydroxylation sites is 1. The van der Waals surface area contributed by atoms with Crippen molar-refractivity contribution in [2.24, 2.45) is 0 Å². The molecule has 0 radical (unpaired) electrons. The number of nitrogens with one attached hydrogen (secondary N) is 1. The number of carbonyl (C=O) groups excluding carboxylic acids is 1. The molecular weight excluding hydrogens is 296 g/mol. The Bertz CT molecular complexity index is 652. The number of amides is 1. The van der Waals surface area contributed by atoms with Crippen LogP contribution in [0.15, 0.2) is 48.5 Å². The first-order valence-corrected chi connectivity index (χ1v) is 8.65. The molecule has 24 heavy (non-hydrogen) atoms. The molecule has 1 amide bonds. The predicted octanol–water partition coefficient (Wildman–Crippen LogP) is 3.88. The van der Waals surface area contributed by atoms with Crippen LogP contribution in [-0.2, 0) is 11.2 Å². The third-order valence-electron chi connectivity index (χ3n) is 4.40. The average molecular weight is 324 g/mol. The fourth-order valence-corrected chi connectivity index (χ4v) is 2.66. The van der Waals surface area contributed by atoms with E-state index in [-0.39, 0.29) is 5.91 Å². The van der Waals surface area contributed by atoms with Crippen molar-refractivity contribution in [3.05, 3.63) is 65.2 Å². The van der Waals surface area contributed by atoms with Crippen LogP contribution in [-0.4, -0.2) is 26.0 Å². The number of benzene rings is 2. The molecule has 2 aromatic carbocycles. The SMILES string of the molecule is Cc1ccc(CCC(=O)NCCCN(C)c2ccccc2)cc1C. The topological polar surface area (TPSA) is 32.3 Å². The van der Waals surface area contributed by atoms with Crippen molar-refractivity contribution < 1.29 is 4.79 Å². The molecule has 0 bridgehead atoms. The smallest absolute Gasteiger partial charge is 0.220 e. The summed E-state index contributed by atoms with van der Waals surface area (Å²) in [5, 5.41) is 3.02. The summed E-state index contributed by atoms with van der Waals surface area (Å²) in [5.74, 6) is 0.135. The number of nitrogens with zero attached hydrogens (tertiary/aromatic N) is 1. The maximum Gasteiger partial charge on any atom is 0.220 e. The van der Waals surface area contributed by atoms with Gasteiger partial charge in [-0.1, -0.05) is 36.4 Å². The summed E-state index contributed by atoms with van der Waals surface area (Å²) < 4.78 is 0. The van der Waals surface area contributed by atoms with Crippen LogP contribution >= 0.6 is 0 Å². The first-order chi connectivity index (χ1) is 11.6. The minimum atomic E-state index is 0.135. The standard InChI is InChI=1S/C21H28N2O/c1-17-10-11-19(16-18(17)2)12-13-21(24)22-14-7-15-23(3)20-8-5-4-6-9-20/h4-6,8-11,16H,7,12-15H2,1-3H3,(H,22,24). The van der Waals surface area contributed by atoms with Gasteiger partial charge in [0.1, 0.15) is 0 Å². The van der Waals surface area contributed by atoms with Crippen LogP contribution in [0.4, 0.5) is 5.69 Å². The van der Waals surface area contributed by atoms with Crippen molar-refractivity contribution in [2.75, 3.05) is 25.0 Å². The Morgan fingerprint density at radius 3 is 2.50 bits per heavy atom. The number of carbonyl (C=O) groups is 1. The summed E-state index contributed by atoms with van der Waals surface area (Å²) in [6.45, 7) is 5.88. The molecule has 2 aromatic rings. The van der Waals surface area contributed by atoms with Gasteiger partial charge < -0.3 is 10.2 Å². The van der Waals surface area contributed by atoms with Gasteiger partial charge in [0.05, 0.1) is 0 Å². The van der Waals surface area contributed by atoms with E-state index in [9.17, 15) is 4.79 Å². The normalized spacial score (nSPS) is 10.5. The van der Waals surface area contributed by atoms with Crippen molar-refractivity contribution in [3.63, 3.8) is 0 Å². The van der Waals surface area contributed by atoms with Gasteiger partial charge in [-0.15, -0.1) is 0 Å². The van der Waals surface area contributed by atoms with Crippen molar-refractivity contribution in [1.29, 1.82) is 0 Å².